The third-order valence-electron chi connectivity index (χ3n) is 4.78. The molecule has 0 atom stereocenters. The average Bonchev–Trinajstić information content (AvgIpc) is 3.14. The number of furan rings is 1. The lowest BCUT2D eigenvalue weighted by Gasteiger charge is -2.34. The summed E-state index contributed by atoms with van der Waals surface area (Å²) in [5.41, 5.74) is 1.10. The van der Waals surface area contributed by atoms with Gasteiger partial charge in [-0.05, 0) is 36.4 Å². The largest absolute Gasteiger partial charge is 0.457 e. The fourth-order valence-corrected chi connectivity index (χ4v) is 3.28. The molecule has 1 fully saturated rings. The third kappa shape index (κ3) is 3.81. The number of amides is 2. The lowest BCUT2D eigenvalue weighted by molar-refractivity contribution is -0.127. The summed E-state index contributed by atoms with van der Waals surface area (Å²) in [5, 5.41) is 0.985. The Hall–Kier alpha value is -3.41. The molecule has 142 valence electrons. The van der Waals surface area contributed by atoms with E-state index in [1.54, 1.807) is 21.9 Å². The van der Waals surface area contributed by atoms with Crippen molar-refractivity contribution in [3.63, 3.8) is 0 Å². The van der Waals surface area contributed by atoms with Crippen molar-refractivity contribution in [2.24, 2.45) is 0 Å². The Morgan fingerprint density at radius 3 is 2.43 bits per heavy atom. The molecule has 0 radical (unpaired) electrons. The zero-order valence-electron chi connectivity index (χ0n) is 15.2. The molecule has 28 heavy (non-hydrogen) atoms. The van der Waals surface area contributed by atoms with Gasteiger partial charge < -0.3 is 14.2 Å². The van der Waals surface area contributed by atoms with Gasteiger partial charge in [-0.25, -0.2) is 4.39 Å². The van der Waals surface area contributed by atoms with Gasteiger partial charge in [-0.15, -0.1) is 0 Å². The minimum atomic E-state index is -0.435. The van der Waals surface area contributed by atoms with Gasteiger partial charge in [0.15, 0.2) is 0 Å². The Balaban J connectivity index is 1.35. The van der Waals surface area contributed by atoms with Crippen LogP contribution in [-0.4, -0.2) is 47.8 Å². The van der Waals surface area contributed by atoms with Gasteiger partial charge in [0.25, 0.3) is 5.91 Å². The molecule has 3 aromatic rings. The number of hydrogen-bond donors (Lipinski definition) is 0. The fraction of sp³-hybridized carbons (Fsp3) is 0.182. The van der Waals surface area contributed by atoms with Crippen LogP contribution in [0.1, 0.15) is 16.1 Å². The number of hydrogen-bond acceptors (Lipinski definition) is 3. The van der Waals surface area contributed by atoms with Crippen molar-refractivity contribution in [1.29, 1.82) is 0 Å². The zero-order chi connectivity index (χ0) is 19.5. The van der Waals surface area contributed by atoms with Gasteiger partial charge in [0.1, 0.15) is 17.2 Å². The summed E-state index contributed by atoms with van der Waals surface area (Å²) in [6.07, 6.45) is 3.15. The van der Waals surface area contributed by atoms with Crippen molar-refractivity contribution in [3.05, 3.63) is 77.8 Å². The van der Waals surface area contributed by atoms with Crippen molar-refractivity contribution in [3.8, 4) is 0 Å². The molecule has 0 N–H and O–H groups in total. The van der Waals surface area contributed by atoms with Gasteiger partial charge in [-0.2, -0.15) is 0 Å². The number of para-hydroxylation sites is 1. The molecule has 1 aliphatic heterocycles. The summed E-state index contributed by atoms with van der Waals surface area (Å²) in [6, 6.07) is 15.2. The zero-order valence-corrected chi connectivity index (χ0v) is 15.2. The minimum absolute atomic E-state index is 0.127. The molecule has 0 bridgehead atoms. The molecule has 0 saturated carbocycles. The van der Waals surface area contributed by atoms with E-state index in [2.05, 4.69) is 0 Å². The highest BCUT2D eigenvalue weighted by Gasteiger charge is 2.24. The molecule has 0 aliphatic carbocycles. The molecule has 0 spiro atoms. The number of benzene rings is 2. The Morgan fingerprint density at radius 2 is 1.68 bits per heavy atom. The van der Waals surface area contributed by atoms with Gasteiger partial charge in [-0.3, -0.25) is 9.59 Å². The number of piperazine rings is 1. The van der Waals surface area contributed by atoms with Gasteiger partial charge in [0, 0.05) is 43.2 Å². The summed E-state index contributed by atoms with van der Waals surface area (Å²) in [7, 11) is 0. The maximum absolute atomic E-state index is 13.3. The molecule has 1 aromatic heterocycles. The summed E-state index contributed by atoms with van der Waals surface area (Å²) in [4.78, 5) is 28.2. The molecule has 1 aliphatic rings. The van der Waals surface area contributed by atoms with Crippen molar-refractivity contribution < 1.29 is 18.4 Å². The van der Waals surface area contributed by atoms with Crippen LogP contribution in [0.2, 0.25) is 0 Å². The van der Waals surface area contributed by atoms with Crippen LogP contribution in [0.25, 0.3) is 17.0 Å². The number of fused-ring (bicyclic) bond motifs is 1. The van der Waals surface area contributed by atoms with Crippen molar-refractivity contribution in [1.82, 2.24) is 9.80 Å². The molecule has 2 heterocycles. The number of carbonyl (C=O) groups is 2. The first-order valence-electron chi connectivity index (χ1n) is 9.10. The van der Waals surface area contributed by atoms with E-state index in [1.807, 2.05) is 30.3 Å². The van der Waals surface area contributed by atoms with E-state index < -0.39 is 5.82 Å². The molecule has 5 nitrogen and oxygen atoms in total. The molecular formula is C22H19FN2O3. The van der Waals surface area contributed by atoms with Crippen molar-refractivity contribution in [2.75, 3.05) is 26.2 Å². The van der Waals surface area contributed by atoms with E-state index in [-0.39, 0.29) is 11.8 Å². The summed E-state index contributed by atoms with van der Waals surface area (Å²) >= 11 is 0. The predicted molar refractivity (Wildman–Crippen MR) is 104 cm³/mol. The van der Waals surface area contributed by atoms with Gasteiger partial charge in [-0.1, -0.05) is 24.3 Å². The standard InChI is InChI=1S/C22H19FN2O3/c23-18-6-3-5-17(14-18)22(27)25-12-10-24(11-13-25)21(26)9-8-19-15-16-4-1-2-7-20(16)28-19/h1-9,14-15H,10-13H2/b9-8+. The number of rotatable bonds is 3. The van der Waals surface area contributed by atoms with Crippen LogP contribution in [0.3, 0.4) is 0 Å². The Bertz CT molecular complexity index is 1020. The second-order valence-electron chi connectivity index (χ2n) is 6.65. The quantitative estimate of drug-likeness (QED) is 0.655. The smallest absolute Gasteiger partial charge is 0.254 e. The fourth-order valence-electron chi connectivity index (χ4n) is 3.28. The molecule has 4 rings (SSSR count). The van der Waals surface area contributed by atoms with Crippen LogP contribution >= 0.6 is 0 Å². The molecule has 1 saturated heterocycles. The second kappa shape index (κ2) is 7.68. The van der Waals surface area contributed by atoms with E-state index in [9.17, 15) is 14.0 Å². The summed E-state index contributed by atoms with van der Waals surface area (Å²) in [5.74, 6) is -0.160. The average molecular weight is 378 g/mol. The van der Waals surface area contributed by atoms with E-state index >= 15 is 0 Å². The number of halogens is 1. The highest BCUT2D eigenvalue weighted by atomic mass is 19.1. The van der Waals surface area contributed by atoms with Crippen LogP contribution in [0, 0.1) is 5.82 Å². The van der Waals surface area contributed by atoms with E-state index in [1.165, 1.54) is 24.3 Å². The highest BCUT2D eigenvalue weighted by molar-refractivity contribution is 5.95. The van der Waals surface area contributed by atoms with E-state index in [0.29, 0.717) is 37.5 Å². The normalized spacial score (nSPS) is 14.8. The number of carbonyl (C=O) groups excluding carboxylic acids is 2. The van der Waals surface area contributed by atoms with Crippen LogP contribution in [-0.2, 0) is 4.79 Å². The van der Waals surface area contributed by atoms with E-state index in [0.717, 1.165) is 11.0 Å². The lowest BCUT2D eigenvalue weighted by atomic mass is 10.1. The monoisotopic (exact) mass is 378 g/mol. The highest BCUT2D eigenvalue weighted by Crippen LogP contribution is 2.20. The third-order valence-corrected chi connectivity index (χ3v) is 4.78. The van der Waals surface area contributed by atoms with Crippen molar-refractivity contribution in [2.45, 2.75) is 0 Å². The number of nitrogens with zero attached hydrogens (tertiary/aromatic N) is 2. The first-order chi connectivity index (χ1) is 13.6. The molecule has 6 heteroatoms. The van der Waals surface area contributed by atoms with Gasteiger partial charge in [0.05, 0.1) is 0 Å². The maximum atomic E-state index is 13.3. The Morgan fingerprint density at radius 1 is 0.929 bits per heavy atom. The SMILES string of the molecule is O=C(/C=C/c1cc2ccccc2o1)N1CCN(C(=O)c2cccc(F)c2)CC1. The second-order valence-corrected chi connectivity index (χ2v) is 6.65. The van der Waals surface area contributed by atoms with Crippen LogP contribution < -0.4 is 0 Å². The molecule has 0 unspecified atom stereocenters. The lowest BCUT2D eigenvalue weighted by Crippen LogP contribution is -2.50. The summed E-state index contributed by atoms with van der Waals surface area (Å²) in [6.45, 7) is 1.70. The van der Waals surface area contributed by atoms with Gasteiger partial charge >= 0.3 is 0 Å². The minimum Gasteiger partial charge on any atom is -0.457 e. The molecule has 2 aromatic carbocycles. The first-order valence-corrected chi connectivity index (χ1v) is 9.10. The Labute approximate surface area is 161 Å². The molecule has 2 amide bonds. The predicted octanol–water partition coefficient (Wildman–Crippen LogP) is 3.57. The van der Waals surface area contributed by atoms with Crippen LogP contribution in [0.4, 0.5) is 4.39 Å². The summed E-state index contributed by atoms with van der Waals surface area (Å²) < 4.78 is 19.0. The van der Waals surface area contributed by atoms with Crippen LogP contribution in [0.5, 0.6) is 0 Å². The van der Waals surface area contributed by atoms with Gasteiger partial charge in [0.2, 0.25) is 5.91 Å². The van der Waals surface area contributed by atoms with Crippen molar-refractivity contribution >= 4 is 28.9 Å². The maximum Gasteiger partial charge on any atom is 0.254 e. The topological polar surface area (TPSA) is 53.8 Å². The molecular weight excluding hydrogens is 359 g/mol. The first kappa shape index (κ1) is 18.0. The Kier molecular flexibility index (Phi) is 4.93. The van der Waals surface area contributed by atoms with Crippen LogP contribution in [0.15, 0.2) is 65.1 Å². The van der Waals surface area contributed by atoms with E-state index in [4.69, 9.17) is 4.42 Å².